The van der Waals surface area contributed by atoms with E-state index in [0.717, 1.165) is 17.2 Å². The van der Waals surface area contributed by atoms with Gasteiger partial charge in [-0.25, -0.2) is 0 Å². The molecule has 0 aromatic heterocycles. The highest BCUT2D eigenvalue weighted by Gasteiger charge is 2.39. The van der Waals surface area contributed by atoms with Crippen LogP contribution in [0.4, 0.5) is 13.2 Å². The fraction of sp³-hybridized carbons (Fsp3) is 0.368. The maximum atomic E-state index is 13.3. The van der Waals surface area contributed by atoms with Crippen LogP contribution in [0.5, 0.6) is 0 Å². The number of nitrogens with zero attached hydrogens (tertiary/aromatic N) is 1. The molecule has 2 aromatic carbocycles. The van der Waals surface area contributed by atoms with E-state index in [1.54, 1.807) is 18.2 Å². The molecule has 1 heterocycles. The number of halogens is 3. The number of likely N-dealkylation sites (tertiary alicyclic amines) is 1. The van der Waals surface area contributed by atoms with Crippen LogP contribution in [0.1, 0.15) is 34.7 Å². The number of alkyl halides is 3. The molecule has 1 aliphatic rings. The Kier molecular flexibility index (Phi) is 5.13. The number of rotatable bonds is 4. The van der Waals surface area contributed by atoms with Gasteiger partial charge >= 0.3 is 6.18 Å². The molecule has 0 aliphatic carbocycles. The van der Waals surface area contributed by atoms with Crippen molar-refractivity contribution >= 4 is 0 Å². The van der Waals surface area contributed by atoms with Crippen molar-refractivity contribution in [3.8, 4) is 0 Å². The highest BCUT2D eigenvalue weighted by Crippen LogP contribution is 2.40. The molecule has 2 N–H and O–H groups in total. The van der Waals surface area contributed by atoms with Crippen molar-refractivity contribution in [2.24, 2.45) is 0 Å². The maximum absolute atomic E-state index is 13.3. The summed E-state index contributed by atoms with van der Waals surface area (Å²) >= 11 is 0. The Balaban J connectivity index is 1.87. The fourth-order valence-electron chi connectivity index (χ4n) is 3.41. The molecule has 2 atom stereocenters. The van der Waals surface area contributed by atoms with E-state index in [2.05, 4.69) is 0 Å². The topological polar surface area (TPSA) is 43.7 Å². The van der Waals surface area contributed by atoms with E-state index in [1.807, 2.05) is 17.0 Å². The first-order valence-electron chi connectivity index (χ1n) is 8.15. The van der Waals surface area contributed by atoms with E-state index in [-0.39, 0.29) is 18.6 Å². The van der Waals surface area contributed by atoms with E-state index in [4.69, 9.17) is 5.11 Å². The van der Waals surface area contributed by atoms with Gasteiger partial charge in [0.1, 0.15) is 0 Å². The summed E-state index contributed by atoms with van der Waals surface area (Å²) in [6.07, 6.45) is -4.79. The van der Waals surface area contributed by atoms with Crippen molar-refractivity contribution in [1.29, 1.82) is 0 Å². The SMILES string of the molecule is OCc1ccc(CN2CC(O)CC2c2ccccc2C(F)(F)F)cc1. The first kappa shape index (κ1) is 17.9. The molecule has 1 aliphatic heterocycles. The normalized spacial score (nSPS) is 21.6. The lowest BCUT2D eigenvalue weighted by molar-refractivity contribution is -0.138. The minimum absolute atomic E-state index is 0.0513. The van der Waals surface area contributed by atoms with Crippen LogP contribution in [0.3, 0.4) is 0 Å². The van der Waals surface area contributed by atoms with Gasteiger partial charge < -0.3 is 10.2 Å². The molecule has 25 heavy (non-hydrogen) atoms. The van der Waals surface area contributed by atoms with Crippen molar-refractivity contribution in [2.75, 3.05) is 6.54 Å². The van der Waals surface area contributed by atoms with E-state index in [9.17, 15) is 18.3 Å². The molecule has 1 saturated heterocycles. The van der Waals surface area contributed by atoms with Crippen LogP contribution in [0.15, 0.2) is 48.5 Å². The first-order chi connectivity index (χ1) is 11.9. The Labute approximate surface area is 144 Å². The van der Waals surface area contributed by atoms with Gasteiger partial charge in [0.05, 0.1) is 18.3 Å². The summed E-state index contributed by atoms with van der Waals surface area (Å²) in [5.74, 6) is 0. The third kappa shape index (κ3) is 4.03. The van der Waals surface area contributed by atoms with E-state index >= 15 is 0 Å². The lowest BCUT2D eigenvalue weighted by Crippen LogP contribution is -2.26. The Morgan fingerprint density at radius 1 is 1.00 bits per heavy atom. The second-order valence-electron chi connectivity index (χ2n) is 6.39. The van der Waals surface area contributed by atoms with E-state index < -0.39 is 23.9 Å². The molecule has 3 nitrogen and oxygen atoms in total. The predicted octanol–water partition coefficient (Wildman–Crippen LogP) is 3.51. The van der Waals surface area contributed by atoms with Crippen LogP contribution in [0, 0.1) is 0 Å². The number of β-amino-alcohol motifs (C(OH)–C–C–N with tert-alkyl or cyclic N) is 1. The molecular weight excluding hydrogens is 331 g/mol. The van der Waals surface area contributed by atoms with Gasteiger partial charge in [-0.15, -0.1) is 0 Å². The molecule has 6 heteroatoms. The van der Waals surface area contributed by atoms with E-state index in [1.165, 1.54) is 12.1 Å². The Bertz CT molecular complexity index is 715. The summed E-state index contributed by atoms with van der Waals surface area (Å²) in [6.45, 7) is 0.725. The van der Waals surface area contributed by atoms with Crippen molar-refractivity contribution < 1.29 is 23.4 Å². The zero-order valence-corrected chi connectivity index (χ0v) is 13.6. The number of aliphatic hydroxyl groups is 2. The zero-order chi connectivity index (χ0) is 18.0. The second kappa shape index (κ2) is 7.15. The third-order valence-electron chi connectivity index (χ3n) is 4.60. The minimum Gasteiger partial charge on any atom is -0.392 e. The molecular formula is C19H20F3NO2. The number of hydrogen-bond acceptors (Lipinski definition) is 3. The molecule has 134 valence electrons. The molecule has 2 aromatic rings. The predicted molar refractivity (Wildman–Crippen MR) is 87.6 cm³/mol. The molecule has 0 radical (unpaired) electrons. The number of hydrogen-bond donors (Lipinski definition) is 2. The summed E-state index contributed by atoms with van der Waals surface area (Å²) in [4.78, 5) is 1.88. The van der Waals surface area contributed by atoms with Gasteiger partial charge in [0.15, 0.2) is 0 Å². The number of benzene rings is 2. The molecule has 1 fully saturated rings. The van der Waals surface area contributed by atoms with Gasteiger partial charge in [-0.05, 0) is 29.2 Å². The second-order valence-corrected chi connectivity index (χ2v) is 6.39. The standard InChI is InChI=1S/C19H20F3NO2/c20-19(21,22)17-4-2-1-3-16(17)18-9-15(25)11-23(18)10-13-5-7-14(12-24)8-6-13/h1-8,15,18,24-25H,9-12H2. The molecule has 0 saturated carbocycles. The van der Waals surface area contributed by atoms with Gasteiger partial charge in [0, 0.05) is 19.1 Å². The van der Waals surface area contributed by atoms with Gasteiger partial charge in [-0.2, -0.15) is 13.2 Å². The molecule has 0 spiro atoms. The zero-order valence-electron chi connectivity index (χ0n) is 13.6. The average molecular weight is 351 g/mol. The fourth-order valence-corrected chi connectivity index (χ4v) is 3.41. The third-order valence-corrected chi connectivity index (χ3v) is 4.60. The van der Waals surface area contributed by atoms with Crippen LogP contribution in [0.2, 0.25) is 0 Å². The van der Waals surface area contributed by atoms with Crippen LogP contribution in [-0.4, -0.2) is 27.8 Å². The lowest BCUT2D eigenvalue weighted by Gasteiger charge is -2.27. The monoisotopic (exact) mass is 351 g/mol. The van der Waals surface area contributed by atoms with Gasteiger partial charge in [0.2, 0.25) is 0 Å². The number of aliphatic hydroxyl groups excluding tert-OH is 2. The van der Waals surface area contributed by atoms with Crippen LogP contribution in [-0.2, 0) is 19.3 Å². The highest BCUT2D eigenvalue weighted by molar-refractivity contribution is 5.33. The van der Waals surface area contributed by atoms with Crippen molar-refractivity contribution in [2.45, 2.75) is 37.9 Å². The van der Waals surface area contributed by atoms with Crippen molar-refractivity contribution in [1.82, 2.24) is 4.90 Å². The largest absolute Gasteiger partial charge is 0.416 e. The molecule has 2 unspecified atom stereocenters. The summed E-state index contributed by atoms with van der Waals surface area (Å²) in [7, 11) is 0. The van der Waals surface area contributed by atoms with E-state index in [0.29, 0.717) is 13.1 Å². The summed E-state index contributed by atoms with van der Waals surface area (Å²) in [6, 6.07) is 12.4. The van der Waals surface area contributed by atoms with Gasteiger partial charge in [-0.1, -0.05) is 42.5 Å². The smallest absolute Gasteiger partial charge is 0.392 e. The summed E-state index contributed by atoms with van der Waals surface area (Å²) in [5, 5.41) is 19.1. The Morgan fingerprint density at radius 2 is 1.64 bits per heavy atom. The average Bonchev–Trinajstić information content (AvgIpc) is 2.95. The van der Waals surface area contributed by atoms with Crippen LogP contribution >= 0.6 is 0 Å². The summed E-state index contributed by atoms with van der Waals surface area (Å²) in [5.41, 5.74) is 1.28. The Morgan fingerprint density at radius 3 is 2.28 bits per heavy atom. The van der Waals surface area contributed by atoms with Crippen molar-refractivity contribution in [3.05, 3.63) is 70.8 Å². The van der Waals surface area contributed by atoms with Crippen LogP contribution in [0.25, 0.3) is 0 Å². The first-order valence-corrected chi connectivity index (χ1v) is 8.15. The van der Waals surface area contributed by atoms with Gasteiger partial charge in [0.25, 0.3) is 0 Å². The van der Waals surface area contributed by atoms with Crippen molar-refractivity contribution in [3.63, 3.8) is 0 Å². The molecule has 0 bridgehead atoms. The Hall–Kier alpha value is -1.89. The summed E-state index contributed by atoms with van der Waals surface area (Å²) < 4.78 is 40.0. The molecule has 3 rings (SSSR count). The lowest BCUT2D eigenvalue weighted by atomic mass is 9.97. The minimum atomic E-state index is -4.42. The highest BCUT2D eigenvalue weighted by atomic mass is 19.4. The quantitative estimate of drug-likeness (QED) is 0.886. The molecule has 0 amide bonds. The van der Waals surface area contributed by atoms with Gasteiger partial charge in [-0.3, -0.25) is 4.90 Å². The maximum Gasteiger partial charge on any atom is 0.416 e. The van der Waals surface area contributed by atoms with Crippen LogP contribution < -0.4 is 0 Å².